The molecule has 0 bridgehead atoms. The first-order chi connectivity index (χ1) is 9.54. The third kappa shape index (κ3) is 2.16. The Morgan fingerprint density at radius 2 is 2.10 bits per heavy atom. The number of hydrogen-bond acceptors (Lipinski definition) is 6. The molecule has 7 nitrogen and oxygen atoms in total. The predicted molar refractivity (Wildman–Crippen MR) is 79.3 cm³/mol. The number of fused-ring (bicyclic) bond motifs is 1. The van der Waals surface area contributed by atoms with Gasteiger partial charge in [0.1, 0.15) is 0 Å². The molecule has 0 spiro atoms. The van der Waals surface area contributed by atoms with Crippen molar-refractivity contribution in [3.63, 3.8) is 0 Å². The maximum atomic E-state index is 12.8. The van der Waals surface area contributed by atoms with E-state index in [1.807, 2.05) is 0 Å². The standard InChI is InChI=1S/C10H14N4O3S3/c1-11-8-9(14-2-5-18-10(14)12-8)20(16,17)13-3-6-19(15)7-4-13/h2,5,11H,3-4,6-7H2,1H3. The molecule has 3 rings (SSSR count). The Morgan fingerprint density at radius 1 is 1.40 bits per heavy atom. The molecule has 1 fully saturated rings. The monoisotopic (exact) mass is 334 g/mol. The first-order valence-electron chi connectivity index (χ1n) is 6.02. The van der Waals surface area contributed by atoms with Crippen molar-refractivity contribution < 1.29 is 12.6 Å². The highest BCUT2D eigenvalue weighted by Gasteiger charge is 2.33. The quantitative estimate of drug-likeness (QED) is 0.866. The van der Waals surface area contributed by atoms with Gasteiger partial charge in [0, 0.05) is 54.0 Å². The molecule has 0 atom stereocenters. The molecule has 0 radical (unpaired) electrons. The maximum Gasteiger partial charge on any atom is 0.262 e. The van der Waals surface area contributed by atoms with Crippen molar-refractivity contribution in [2.24, 2.45) is 0 Å². The molecule has 0 aromatic carbocycles. The first-order valence-corrected chi connectivity index (χ1v) is 9.83. The zero-order valence-corrected chi connectivity index (χ0v) is 13.2. The van der Waals surface area contributed by atoms with Crippen LogP contribution in [0.1, 0.15) is 0 Å². The molecular weight excluding hydrogens is 320 g/mol. The minimum Gasteiger partial charge on any atom is -0.371 e. The van der Waals surface area contributed by atoms with Gasteiger partial charge in [0.15, 0.2) is 15.8 Å². The molecule has 1 aliphatic rings. The van der Waals surface area contributed by atoms with Crippen molar-refractivity contribution in [2.45, 2.75) is 5.03 Å². The molecule has 1 saturated heterocycles. The lowest BCUT2D eigenvalue weighted by molar-refractivity contribution is 0.436. The van der Waals surface area contributed by atoms with Gasteiger partial charge in [-0.05, 0) is 0 Å². The number of aromatic nitrogens is 2. The number of nitrogens with one attached hydrogen (secondary N) is 1. The number of nitrogens with zero attached hydrogens (tertiary/aromatic N) is 3. The van der Waals surface area contributed by atoms with Crippen LogP contribution in [0.5, 0.6) is 0 Å². The molecule has 20 heavy (non-hydrogen) atoms. The van der Waals surface area contributed by atoms with Crippen molar-refractivity contribution in [3.8, 4) is 0 Å². The van der Waals surface area contributed by atoms with Gasteiger partial charge in [0.25, 0.3) is 10.0 Å². The van der Waals surface area contributed by atoms with E-state index in [9.17, 15) is 12.6 Å². The van der Waals surface area contributed by atoms with Crippen LogP contribution < -0.4 is 5.32 Å². The minimum atomic E-state index is -3.64. The second-order valence-corrected chi connectivity index (χ2v) is 8.75. The first kappa shape index (κ1) is 14.0. The Bertz CT molecular complexity index is 754. The summed E-state index contributed by atoms with van der Waals surface area (Å²) in [6, 6.07) is 0. The lowest BCUT2D eigenvalue weighted by Crippen LogP contribution is -2.42. The number of hydrogen-bond donors (Lipinski definition) is 1. The highest BCUT2D eigenvalue weighted by Crippen LogP contribution is 2.28. The Balaban J connectivity index is 2.08. The Kier molecular flexibility index (Phi) is 3.56. The van der Waals surface area contributed by atoms with E-state index in [2.05, 4.69) is 10.3 Å². The predicted octanol–water partition coefficient (Wildman–Crippen LogP) is 0.190. The lowest BCUT2D eigenvalue weighted by Gasteiger charge is -2.25. The van der Waals surface area contributed by atoms with Crippen molar-refractivity contribution in [1.82, 2.24) is 13.7 Å². The number of thiazole rings is 1. The second kappa shape index (κ2) is 5.10. The van der Waals surface area contributed by atoms with Gasteiger partial charge in [0.2, 0.25) is 0 Å². The van der Waals surface area contributed by atoms with Crippen LogP contribution >= 0.6 is 11.3 Å². The average molecular weight is 334 g/mol. The molecule has 110 valence electrons. The molecule has 0 saturated carbocycles. The van der Waals surface area contributed by atoms with Crippen molar-refractivity contribution >= 4 is 42.9 Å². The summed E-state index contributed by atoms with van der Waals surface area (Å²) in [4.78, 5) is 4.90. The Morgan fingerprint density at radius 3 is 2.75 bits per heavy atom. The Labute approximate surface area is 123 Å². The van der Waals surface area contributed by atoms with Gasteiger partial charge in [-0.15, -0.1) is 11.3 Å². The number of sulfonamides is 1. The van der Waals surface area contributed by atoms with Crippen LogP contribution in [0.3, 0.4) is 0 Å². The van der Waals surface area contributed by atoms with Crippen molar-refractivity contribution in [2.75, 3.05) is 37.0 Å². The molecule has 1 N–H and O–H groups in total. The molecule has 0 amide bonds. The normalized spacial score (nSPS) is 18.6. The summed E-state index contributed by atoms with van der Waals surface area (Å²) < 4.78 is 39.9. The zero-order chi connectivity index (χ0) is 14.3. The molecule has 3 heterocycles. The van der Waals surface area contributed by atoms with Crippen LogP contribution in [0.4, 0.5) is 5.82 Å². The molecule has 1 aliphatic heterocycles. The number of anilines is 1. The summed E-state index contributed by atoms with van der Waals surface area (Å²) in [6.07, 6.45) is 1.70. The summed E-state index contributed by atoms with van der Waals surface area (Å²) >= 11 is 1.38. The van der Waals surface area contributed by atoms with Crippen LogP contribution in [0.15, 0.2) is 16.6 Å². The van der Waals surface area contributed by atoms with Gasteiger partial charge in [-0.25, -0.2) is 13.4 Å². The zero-order valence-electron chi connectivity index (χ0n) is 10.8. The van der Waals surface area contributed by atoms with Crippen molar-refractivity contribution in [1.29, 1.82) is 0 Å². The van der Waals surface area contributed by atoms with E-state index in [1.54, 1.807) is 23.0 Å². The molecule has 2 aromatic rings. The molecular formula is C10H14N4O3S3. The van der Waals surface area contributed by atoms with E-state index in [0.717, 1.165) is 0 Å². The van der Waals surface area contributed by atoms with E-state index in [-0.39, 0.29) is 18.1 Å². The summed E-state index contributed by atoms with van der Waals surface area (Å²) in [6.45, 7) is 0.574. The fourth-order valence-electron chi connectivity index (χ4n) is 2.16. The fourth-order valence-corrected chi connectivity index (χ4v) is 5.91. The fraction of sp³-hybridized carbons (Fsp3) is 0.500. The maximum absolute atomic E-state index is 12.8. The summed E-state index contributed by atoms with van der Waals surface area (Å²) in [5, 5.41) is 4.79. The van der Waals surface area contributed by atoms with Crippen LogP contribution in [-0.2, 0) is 20.8 Å². The highest BCUT2D eigenvalue weighted by molar-refractivity contribution is 7.89. The molecule has 10 heteroatoms. The SMILES string of the molecule is CNc1nc2sccn2c1S(=O)(=O)N1CCS(=O)CC1. The summed E-state index contributed by atoms with van der Waals surface area (Å²) in [5.74, 6) is 1.13. The lowest BCUT2D eigenvalue weighted by atomic mass is 10.6. The minimum absolute atomic E-state index is 0.156. The van der Waals surface area contributed by atoms with Crippen LogP contribution in [0.25, 0.3) is 4.96 Å². The average Bonchev–Trinajstić information content (AvgIpc) is 2.98. The van der Waals surface area contributed by atoms with Crippen LogP contribution in [-0.4, -0.2) is 58.0 Å². The smallest absolute Gasteiger partial charge is 0.262 e. The topological polar surface area (TPSA) is 83.8 Å². The highest BCUT2D eigenvalue weighted by atomic mass is 32.2. The van der Waals surface area contributed by atoms with Gasteiger partial charge < -0.3 is 5.32 Å². The third-order valence-electron chi connectivity index (χ3n) is 3.18. The van der Waals surface area contributed by atoms with Gasteiger partial charge in [-0.3, -0.25) is 8.61 Å². The van der Waals surface area contributed by atoms with Crippen LogP contribution in [0, 0.1) is 0 Å². The van der Waals surface area contributed by atoms with E-state index < -0.39 is 20.8 Å². The van der Waals surface area contributed by atoms with E-state index in [4.69, 9.17) is 0 Å². The number of rotatable bonds is 3. The second-order valence-electron chi connectivity index (χ2n) is 4.32. The largest absolute Gasteiger partial charge is 0.371 e. The third-order valence-corrected chi connectivity index (χ3v) is 7.13. The van der Waals surface area contributed by atoms with Gasteiger partial charge in [-0.2, -0.15) is 4.31 Å². The summed E-state index contributed by atoms with van der Waals surface area (Å²) in [7, 11) is -2.90. The van der Waals surface area contributed by atoms with E-state index in [1.165, 1.54) is 15.6 Å². The van der Waals surface area contributed by atoms with Crippen molar-refractivity contribution in [3.05, 3.63) is 11.6 Å². The molecule has 0 aliphatic carbocycles. The van der Waals surface area contributed by atoms with Gasteiger partial charge in [0.05, 0.1) is 0 Å². The van der Waals surface area contributed by atoms with E-state index in [0.29, 0.717) is 22.3 Å². The van der Waals surface area contributed by atoms with Crippen LogP contribution in [0.2, 0.25) is 0 Å². The molecule has 0 unspecified atom stereocenters. The summed E-state index contributed by atoms with van der Waals surface area (Å²) in [5.41, 5.74) is 0. The van der Waals surface area contributed by atoms with Gasteiger partial charge >= 0.3 is 0 Å². The Hall–Kier alpha value is -0.970. The molecule has 2 aromatic heterocycles. The number of imidazole rings is 1. The van der Waals surface area contributed by atoms with Gasteiger partial charge in [-0.1, -0.05) is 0 Å². The van der Waals surface area contributed by atoms with E-state index >= 15 is 0 Å².